The van der Waals surface area contributed by atoms with Gasteiger partial charge in [0.1, 0.15) is 4.60 Å². The molecule has 0 amide bonds. The average Bonchev–Trinajstić information content (AvgIpc) is 1.92. The fourth-order valence-electron chi connectivity index (χ4n) is 0.389. The summed E-state index contributed by atoms with van der Waals surface area (Å²) in [5.74, 6) is 0. The molecule has 0 radical (unpaired) electrons. The maximum Gasteiger partial charge on any atom is 0.266 e. The molecular weight excluding hydrogens is 184 g/mol. The van der Waals surface area contributed by atoms with E-state index in [1.807, 2.05) is 0 Å². The van der Waals surface area contributed by atoms with Gasteiger partial charge in [0, 0.05) is 17.2 Å². The van der Waals surface area contributed by atoms with E-state index in [1.54, 1.807) is 0 Å². The van der Waals surface area contributed by atoms with E-state index in [9.17, 15) is 4.79 Å². The third-order valence-corrected chi connectivity index (χ3v) is 1.19. The Morgan fingerprint density at radius 2 is 2.67 bits per heavy atom. The smallest absolute Gasteiger partial charge is 0.266 e. The van der Waals surface area contributed by atoms with Gasteiger partial charge in [0.25, 0.3) is 5.56 Å². The quantitative estimate of drug-likeness (QED) is 0.601. The highest BCUT2D eigenvalue weighted by Crippen LogP contribution is 1.98. The van der Waals surface area contributed by atoms with Crippen LogP contribution in [0.2, 0.25) is 0 Å². The summed E-state index contributed by atoms with van der Waals surface area (Å²) in [5, 5.41) is 3.50. The van der Waals surface area contributed by atoms with E-state index in [0.29, 0.717) is 9.28 Å². The van der Waals surface area contributed by atoms with E-state index in [0.717, 1.165) is 6.07 Å². The van der Waals surface area contributed by atoms with Gasteiger partial charge in [-0.25, -0.2) is 4.68 Å². The van der Waals surface area contributed by atoms with Crippen LogP contribution >= 0.6 is 15.9 Å². The molecule has 1 rings (SSSR count). The third kappa shape index (κ3) is 1.38. The molecule has 9 heavy (non-hydrogen) atoms. The standard InChI is InChI=1S/C5H5BrN2O/c1-8-5(9)3-2-4(6)7-8/h2-3H,1H3/i1D3. The summed E-state index contributed by atoms with van der Waals surface area (Å²) in [6.45, 7) is -2.51. The van der Waals surface area contributed by atoms with E-state index in [-0.39, 0.29) is 0 Å². The molecule has 0 aromatic carbocycles. The highest BCUT2D eigenvalue weighted by Gasteiger charge is 1.89. The van der Waals surface area contributed by atoms with Crippen molar-refractivity contribution in [1.29, 1.82) is 0 Å². The number of hydrogen-bond acceptors (Lipinski definition) is 2. The number of aromatic nitrogens is 2. The lowest BCUT2D eigenvalue weighted by molar-refractivity contribution is 0.697. The van der Waals surface area contributed by atoms with Crippen molar-refractivity contribution in [1.82, 2.24) is 9.78 Å². The second kappa shape index (κ2) is 2.31. The summed E-state index contributed by atoms with van der Waals surface area (Å²) in [6, 6.07) is 2.54. The van der Waals surface area contributed by atoms with Gasteiger partial charge in [-0.1, -0.05) is 0 Å². The van der Waals surface area contributed by atoms with Gasteiger partial charge in [-0.15, -0.1) is 0 Å². The number of aryl methyl sites for hydroxylation is 1. The van der Waals surface area contributed by atoms with E-state index in [1.165, 1.54) is 6.07 Å². The highest BCUT2D eigenvalue weighted by atomic mass is 79.9. The van der Waals surface area contributed by atoms with Crippen LogP contribution in [-0.4, -0.2) is 9.78 Å². The highest BCUT2D eigenvalue weighted by molar-refractivity contribution is 9.10. The van der Waals surface area contributed by atoms with Crippen molar-refractivity contribution in [3.8, 4) is 0 Å². The minimum atomic E-state index is -2.51. The molecule has 1 aromatic rings. The summed E-state index contributed by atoms with van der Waals surface area (Å²) in [7, 11) is 0. The zero-order valence-electron chi connectivity index (χ0n) is 7.34. The van der Waals surface area contributed by atoms with Crippen LogP contribution in [0, 0.1) is 0 Å². The van der Waals surface area contributed by atoms with Gasteiger partial charge in [-0.3, -0.25) is 4.79 Å². The topological polar surface area (TPSA) is 34.9 Å². The molecule has 1 aromatic heterocycles. The molecule has 0 fully saturated rings. The largest absolute Gasteiger partial charge is 0.268 e. The Labute approximate surface area is 64.7 Å². The predicted molar refractivity (Wildman–Crippen MR) is 37.2 cm³/mol. The Kier molecular flexibility index (Phi) is 0.899. The first-order valence-corrected chi connectivity index (χ1v) is 2.97. The van der Waals surface area contributed by atoms with Crippen molar-refractivity contribution in [3.63, 3.8) is 0 Å². The van der Waals surface area contributed by atoms with Gasteiger partial charge >= 0.3 is 0 Å². The van der Waals surface area contributed by atoms with Crippen LogP contribution in [0.15, 0.2) is 21.5 Å². The Morgan fingerprint density at radius 3 is 3.22 bits per heavy atom. The fraction of sp³-hybridized carbons (Fsp3) is 0.200. The molecule has 0 saturated heterocycles. The zero-order valence-corrected chi connectivity index (χ0v) is 5.92. The molecule has 0 aliphatic carbocycles. The van der Waals surface area contributed by atoms with Crippen LogP contribution in [0.5, 0.6) is 0 Å². The molecule has 0 atom stereocenters. The Hall–Kier alpha value is -0.640. The van der Waals surface area contributed by atoms with E-state index in [2.05, 4.69) is 21.0 Å². The first-order valence-electron chi connectivity index (χ1n) is 3.67. The Morgan fingerprint density at radius 1 is 1.89 bits per heavy atom. The van der Waals surface area contributed by atoms with Crippen LogP contribution in [0.1, 0.15) is 4.11 Å². The molecule has 48 valence electrons. The molecule has 0 aliphatic heterocycles. The monoisotopic (exact) mass is 191 g/mol. The average molecular weight is 192 g/mol. The van der Waals surface area contributed by atoms with Crippen LogP contribution in [0.3, 0.4) is 0 Å². The first-order chi connectivity index (χ1) is 5.41. The minimum Gasteiger partial charge on any atom is -0.268 e. The summed E-state index contributed by atoms with van der Waals surface area (Å²) in [6.07, 6.45) is 0. The predicted octanol–water partition coefficient (Wildman–Crippen LogP) is 0.543. The van der Waals surface area contributed by atoms with Crippen molar-refractivity contribution < 1.29 is 4.11 Å². The molecule has 3 nitrogen and oxygen atoms in total. The molecule has 0 N–H and O–H groups in total. The summed E-state index contributed by atoms with van der Waals surface area (Å²) in [4.78, 5) is 10.9. The van der Waals surface area contributed by atoms with Gasteiger partial charge in [-0.05, 0) is 22.0 Å². The Balaban J connectivity index is 3.33. The van der Waals surface area contributed by atoms with Crippen LogP contribution in [0.25, 0.3) is 0 Å². The van der Waals surface area contributed by atoms with E-state index < -0.39 is 12.5 Å². The number of halogens is 1. The lowest BCUT2D eigenvalue weighted by Crippen LogP contribution is -2.17. The molecule has 1 heterocycles. The Bertz CT molecular complexity index is 345. The second-order valence-corrected chi connectivity index (χ2v) is 2.22. The minimum absolute atomic E-state index is 0.318. The van der Waals surface area contributed by atoms with Gasteiger partial charge in [0.2, 0.25) is 0 Å². The molecule has 0 bridgehead atoms. The molecule has 0 spiro atoms. The molecular formula is C5H5BrN2O. The van der Waals surface area contributed by atoms with Crippen molar-refractivity contribution >= 4 is 15.9 Å². The third-order valence-electron chi connectivity index (χ3n) is 0.768. The molecule has 0 saturated carbocycles. The lowest BCUT2D eigenvalue weighted by atomic mass is 10.6. The van der Waals surface area contributed by atoms with Crippen molar-refractivity contribution in [3.05, 3.63) is 27.1 Å². The van der Waals surface area contributed by atoms with Crippen molar-refractivity contribution in [2.24, 2.45) is 6.98 Å². The molecule has 0 unspecified atom stereocenters. The fourth-order valence-corrected chi connectivity index (χ4v) is 0.680. The maximum absolute atomic E-state index is 10.9. The second-order valence-electron chi connectivity index (χ2n) is 1.41. The maximum atomic E-state index is 10.9. The number of nitrogens with zero attached hydrogens (tertiary/aromatic N) is 2. The van der Waals surface area contributed by atoms with Crippen LogP contribution in [0.4, 0.5) is 0 Å². The first kappa shape index (κ1) is 3.51. The number of rotatable bonds is 0. The number of hydrogen-bond donors (Lipinski definition) is 0. The van der Waals surface area contributed by atoms with Crippen molar-refractivity contribution in [2.75, 3.05) is 0 Å². The van der Waals surface area contributed by atoms with E-state index in [4.69, 9.17) is 4.11 Å². The summed E-state index contributed by atoms with van der Waals surface area (Å²) in [5.41, 5.74) is -0.641. The normalized spacial score (nSPS) is 15.9. The summed E-state index contributed by atoms with van der Waals surface area (Å²) >= 11 is 2.97. The van der Waals surface area contributed by atoms with Gasteiger partial charge < -0.3 is 0 Å². The molecule has 0 aliphatic rings. The van der Waals surface area contributed by atoms with Gasteiger partial charge in [0.05, 0.1) is 0 Å². The lowest BCUT2D eigenvalue weighted by Gasteiger charge is -1.92. The van der Waals surface area contributed by atoms with Gasteiger partial charge in [-0.2, -0.15) is 5.10 Å². The summed E-state index contributed by atoms with van der Waals surface area (Å²) < 4.78 is 21.5. The SMILES string of the molecule is [2H]C([2H])([2H])n1nc(Br)ccc1=O. The van der Waals surface area contributed by atoms with Crippen molar-refractivity contribution in [2.45, 2.75) is 0 Å². The van der Waals surface area contributed by atoms with Crippen LogP contribution in [-0.2, 0) is 6.98 Å². The molecule has 4 heteroatoms. The van der Waals surface area contributed by atoms with E-state index >= 15 is 0 Å². The van der Waals surface area contributed by atoms with Crippen LogP contribution < -0.4 is 5.56 Å². The zero-order chi connectivity index (χ0) is 9.35. The van der Waals surface area contributed by atoms with Gasteiger partial charge in [0.15, 0.2) is 0 Å².